The number of esters is 1. The Hall–Kier alpha value is -3.69. The molecule has 0 N–H and O–H groups in total. The first-order chi connectivity index (χ1) is 17.7. The number of benzene rings is 3. The van der Waals surface area contributed by atoms with Gasteiger partial charge in [-0.3, -0.25) is 18.1 Å². The van der Waals surface area contributed by atoms with Gasteiger partial charge < -0.3 is 18.9 Å². The second-order valence-electron chi connectivity index (χ2n) is 8.80. The lowest BCUT2D eigenvalue weighted by Crippen LogP contribution is -2.48. The monoisotopic (exact) mass is 523 g/mol. The number of aryl methyl sites for hydroxylation is 2. The molecule has 0 fully saturated rings. The number of anilines is 1. The lowest BCUT2D eigenvalue weighted by Gasteiger charge is -2.35. The molecule has 0 heterocycles. The lowest BCUT2D eigenvalue weighted by atomic mass is 10.0. The summed E-state index contributed by atoms with van der Waals surface area (Å²) in [5.74, 6) is 0.669. The number of hydrogen-bond acceptors (Lipinski definition) is 6. The van der Waals surface area contributed by atoms with Gasteiger partial charge in [-0.2, -0.15) is 0 Å². The predicted molar refractivity (Wildman–Crippen MR) is 142 cm³/mol. The molecule has 3 rings (SSSR count). The topological polar surface area (TPSA) is 99.2 Å². The first-order valence-corrected chi connectivity index (χ1v) is 12.8. The van der Waals surface area contributed by atoms with E-state index >= 15 is 0 Å². The first-order valence-electron chi connectivity index (χ1n) is 11.8. The fourth-order valence-corrected chi connectivity index (χ4v) is 4.42. The van der Waals surface area contributed by atoms with Crippen LogP contribution < -0.4 is 9.04 Å². The largest absolute Gasteiger partial charge is 0.755 e. The standard InChI is InChI=1S/C28H32N2O6S/c1-20-5-12-23(13-6-20)30(37(33)34)26(28(32)29(2)3)19-22-9-16-25(17-10-22)36-24-14-7-21(8-15-24)11-18-27(31)35-4/h5-10,12-17,26H,11,18-19H2,1-4H3,(H,33,34)/p-1. The molecule has 0 saturated heterocycles. The van der Waals surface area contributed by atoms with Gasteiger partial charge in [0.25, 0.3) is 0 Å². The van der Waals surface area contributed by atoms with Crippen molar-refractivity contribution >= 4 is 28.8 Å². The predicted octanol–water partition coefficient (Wildman–Crippen LogP) is 4.19. The van der Waals surface area contributed by atoms with Crippen LogP contribution in [0, 0.1) is 6.92 Å². The number of carbonyl (C=O) groups is 2. The van der Waals surface area contributed by atoms with Crippen molar-refractivity contribution in [3.8, 4) is 11.5 Å². The Kier molecular flexibility index (Phi) is 9.82. The summed E-state index contributed by atoms with van der Waals surface area (Å²) >= 11 is -2.65. The van der Waals surface area contributed by atoms with E-state index in [1.807, 2.05) is 55.5 Å². The van der Waals surface area contributed by atoms with Gasteiger partial charge in [0.15, 0.2) is 0 Å². The number of rotatable bonds is 11. The zero-order valence-electron chi connectivity index (χ0n) is 21.4. The van der Waals surface area contributed by atoms with Crippen LogP contribution in [-0.4, -0.2) is 52.8 Å². The normalized spacial score (nSPS) is 12.4. The van der Waals surface area contributed by atoms with Crippen LogP contribution in [0.2, 0.25) is 0 Å². The summed E-state index contributed by atoms with van der Waals surface area (Å²) in [6, 6.07) is 20.7. The average molecular weight is 524 g/mol. The summed E-state index contributed by atoms with van der Waals surface area (Å²) in [4.78, 5) is 25.7. The van der Waals surface area contributed by atoms with E-state index in [1.54, 1.807) is 38.4 Å². The molecule has 2 unspecified atom stereocenters. The number of likely N-dealkylation sites (N-methyl/N-ethyl adjacent to an activating group) is 1. The molecule has 3 aromatic carbocycles. The van der Waals surface area contributed by atoms with E-state index in [1.165, 1.54) is 12.0 Å². The van der Waals surface area contributed by atoms with Crippen LogP contribution in [0.1, 0.15) is 23.1 Å². The Labute approximate surface area is 220 Å². The molecule has 3 aromatic rings. The third-order valence-electron chi connectivity index (χ3n) is 5.81. The molecule has 9 heteroatoms. The van der Waals surface area contributed by atoms with Gasteiger partial charge in [-0.05, 0) is 60.9 Å². The molecule has 0 aromatic heterocycles. The Bertz CT molecular complexity index is 1210. The highest BCUT2D eigenvalue weighted by molar-refractivity contribution is 7.80. The summed E-state index contributed by atoms with van der Waals surface area (Å²) < 4.78 is 36.2. The van der Waals surface area contributed by atoms with Crippen LogP contribution >= 0.6 is 0 Å². The Morgan fingerprint density at radius 1 is 0.892 bits per heavy atom. The molecular formula is C28H31N2O6S-. The highest BCUT2D eigenvalue weighted by Gasteiger charge is 2.29. The van der Waals surface area contributed by atoms with E-state index in [0.29, 0.717) is 30.0 Å². The van der Waals surface area contributed by atoms with Gasteiger partial charge in [-0.15, -0.1) is 0 Å². The van der Waals surface area contributed by atoms with Gasteiger partial charge in [-0.1, -0.05) is 42.0 Å². The second kappa shape index (κ2) is 13.0. The van der Waals surface area contributed by atoms with Crippen molar-refractivity contribution in [1.29, 1.82) is 0 Å². The smallest absolute Gasteiger partial charge is 0.305 e. The van der Waals surface area contributed by atoms with Crippen molar-refractivity contribution in [3.05, 3.63) is 89.5 Å². The maximum Gasteiger partial charge on any atom is 0.305 e. The number of nitrogens with zero attached hydrogens (tertiary/aromatic N) is 2. The summed E-state index contributed by atoms with van der Waals surface area (Å²) in [6.45, 7) is 1.91. The molecule has 0 saturated carbocycles. The molecule has 1 amide bonds. The van der Waals surface area contributed by atoms with Crippen molar-refractivity contribution in [2.24, 2.45) is 0 Å². The zero-order valence-corrected chi connectivity index (χ0v) is 22.2. The minimum absolute atomic E-state index is 0.189. The summed E-state index contributed by atoms with van der Waals surface area (Å²) in [7, 11) is 4.58. The van der Waals surface area contributed by atoms with Gasteiger partial charge in [0.1, 0.15) is 17.5 Å². The van der Waals surface area contributed by atoms with Crippen molar-refractivity contribution in [1.82, 2.24) is 4.90 Å². The van der Waals surface area contributed by atoms with Crippen molar-refractivity contribution in [3.63, 3.8) is 0 Å². The van der Waals surface area contributed by atoms with E-state index in [9.17, 15) is 18.4 Å². The zero-order chi connectivity index (χ0) is 26.9. The Balaban J connectivity index is 1.73. The van der Waals surface area contributed by atoms with E-state index in [0.717, 1.165) is 21.0 Å². The maximum absolute atomic E-state index is 13.0. The minimum atomic E-state index is -2.65. The molecule has 2 atom stereocenters. The van der Waals surface area contributed by atoms with Crippen LogP contribution in [0.5, 0.6) is 11.5 Å². The van der Waals surface area contributed by atoms with Gasteiger partial charge in [0.05, 0.1) is 7.11 Å². The second-order valence-corrected chi connectivity index (χ2v) is 9.62. The van der Waals surface area contributed by atoms with Gasteiger partial charge in [0.2, 0.25) is 5.91 Å². The van der Waals surface area contributed by atoms with Gasteiger partial charge in [0, 0.05) is 43.9 Å². The fourth-order valence-electron chi connectivity index (χ4n) is 3.76. The van der Waals surface area contributed by atoms with Crippen LogP contribution in [0.15, 0.2) is 72.8 Å². The molecule has 0 bridgehead atoms. The quantitative estimate of drug-likeness (QED) is 0.276. The molecule has 196 valence electrons. The van der Waals surface area contributed by atoms with E-state index in [4.69, 9.17) is 4.74 Å². The molecule has 0 radical (unpaired) electrons. The van der Waals surface area contributed by atoms with E-state index in [-0.39, 0.29) is 18.3 Å². The van der Waals surface area contributed by atoms with Crippen LogP contribution in [0.4, 0.5) is 5.69 Å². The highest BCUT2D eigenvalue weighted by atomic mass is 32.2. The Morgan fingerprint density at radius 2 is 1.43 bits per heavy atom. The number of amides is 1. The number of hydrogen-bond donors (Lipinski definition) is 0. The minimum Gasteiger partial charge on any atom is -0.755 e. The van der Waals surface area contributed by atoms with Crippen molar-refractivity contribution < 1.29 is 27.8 Å². The van der Waals surface area contributed by atoms with E-state index in [2.05, 4.69) is 4.74 Å². The van der Waals surface area contributed by atoms with Crippen molar-refractivity contribution in [2.45, 2.75) is 32.2 Å². The maximum atomic E-state index is 13.0. The first kappa shape index (κ1) is 27.9. The molecule has 0 aliphatic rings. The molecule has 37 heavy (non-hydrogen) atoms. The molecule has 0 spiro atoms. The molecule has 8 nitrogen and oxygen atoms in total. The summed E-state index contributed by atoms with van der Waals surface area (Å²) in [6.07, 6.45) is 1.09. The Morgan fingerprint density at radius 3 is 1.92 bits per heavy atom. The third-order valence-corrected chi connectivity index (χ3v) is 6.60. The number of carbonyl (C=O) groups excluding carboxylic acids is 2. The van der Waals surface area contributed by atoms with Crippen LogP contribution in [0.3, 0.4) is 0 Å². The summed E-state index contributed by atoms with van der Waals surface area (Å²) in [5.41, 5.74) is 3.20. The number of ether oxygens (including phenoxy) is 2. The lowest BCUT2D eigenvalue weighted by molar-refractivity contribution is -0.140. The number of methoxy groups -OCH3 is 1. The third kappa shape index (κ3) is 7.90. The SMILES string of the molecule is COC(=O)CCc1ccc(Oc2ccc(CC(C(=O)N(C)C)N(c3ccc(C)cc3)S(=O)[O-])cc2)cc1. The molecular weight excluding hydrogens is 492 g/mol. The summed E-state index contributed by atoms with van der Waals surface area (Å²) in [5, 5.41) is 0. The molecule has 0 aliphatic carbocycles. The van der Waals surface area contributed by atoms with Crippen LogP contribution in [0.25, 0.3) is 0 Å². The van der Waals surface area contributed by atoms with Crippen molar-refractivity contribution in [2.75, 3.05) is 25.5 Å². The molecule has 0 aliphatic heterocycles. The fraction of sp³-hybridized carbons (Fsp3) is 0.286. The van der Waals surface area contributed by atoms with Crippen LogP contribution in [-0.2, 0) is 38.4 Å². The van der Waals surface area contributed by atoms with Gasteiger partial charge >= 0.3 is 5.97 Å². The highest BCUT2D eigenvalue weighted by Crippen LogP contribution is 2.26. The van der Waals surface area contributed by atoms with Gasteiger partial charge in [-0.25, -0.2) is 0 Å². The average Bonchev–Trinajstić information content (AvgIpc) is 2.89. The van der Waals surface area contributed by atoms with E-state index < -0.39 is 17.3 Å².